The van der Waals surface area contributed by atoms with Crippen molar-refractivity contribution in [2.24, 2.45) is 0 Å². The zero-order valence-corrected chi connectivity index (χ0v) is 10.1. The van der Waals surface area contributed by atoms with Gasteiger partial charge in [-0.05, 0) is 6.42 Å². The largest absolute Gasteiger partial charge is 0.310 e. The molecule has 0 aliphatic rings. The molecular weight excluding hydrogens is 214 g/mol. The van der Waals surface area contributed by atoms with Gasteiger partial charge in [-0.2, -0.15) is 8.42 Å². The number of rotatable bonds is 7. The number of unbranched alkanes of at least 4 members (excludes halogenated alkanes) is 1. The summed E-state index contributed by atoms with van der Waals surface area (Å²) in [6.07, 6.45) is 4.98. The predicted molar refractivity (Wildman–Crippen MR) is 64.6 cm³/mol. The molecule has 0 spiro atoms. The highest BCUT2D eigenvalue weighted by atomic mass is 32.2. The molecule has 0 amide bonds. The Morgan fingerprint density at radius 2 is 1.73 bits per heavy atom. The van der Waals surface area contributed by atoms with Crippen molar-refractivity contribution in [3.63, 3.8) is 0 Å². The van der Waals surface area contributed by atoms with E-state index in [1.165, 1.54) is 0 Å². The topological polar surface area (TPSA) is 66.4 Å². The molecule has 0 rings (SSSR count). The van der Waals surface area contributed by atoms with E-state index in [0.29, 0.717) is 6.42 Å². The predicted octanol–water partition coefficient (Wildman–Crippen LogP) is 1.62. The highest BCUT2D eigenvalue weighted by Gasteiger charge is 2.00. The van der Waals surface area contributed by atoms with Crippen LogP contribution in [0.2, 0.25) is 0 Å². The molecule has 0 aromatic heterocycles. The average molecular weight is 235 g/mol. The van der Waals surface area contributed by atoms with Crippen LogP contribution in [0.1, 0.15) is 19.8 Å². The fourth-order valence-corrected chi connectivity index (χ4v) is 1.27. The van der Waals surface area contributed by atoms with E-state index >= 15 is 0 Å². The zero-order valence-electron chi connectivity index (χ0n) is 9.28. The molecule has 0 aromatic rings. The second kappa shape index (κ2) is 11.4. The monoisotopic (exact) mass is 235 g/mol. The van der Waals surface area contributed by atoms with Crippen LogP contribution in [0.4, 0.5) is 0 Å². The van der Waals surface area contributed by atoms with Crippen molar-refractivity contribution in [3.05, 3.63) is 25.3 Å². The van der Waals surface area contributed by atoms with Gasteiger partial charge in [0.25, 0.3) is 10.1 Å². The van der Waals surface area contributed by atoms with Crippen molar-refractivity contribution >= 4 is 10.1 Å². The molecule has 0 aliphatic heterocycles. The SMILES string of the molecule is C=CCNCC=C.CCCCS(=O)(=O)O. The Morgan fingerprint density at radius 3 is 1.93 bits per heavy atom. The first-order valence-electron chi connectivity index (χ1n) is 4.85. The summed E-state index contributed by atoms with van der Waals surface area (Å²) in [4.78, 5) is 0. The molecular formula is C10H21NO3S. The van der Waals surface area contributed by atoms with Crippen molar-refractivity contribution in [1.29, 1.82) is 0 Å². The lowest BCUT2D eigenvalue weighted by atomic mass is 10.4. The van der Waals surface area contributed by atoms with Crippen LogP contribution in [0.5, 0.6) is 0 Å². The first-order chi connectivity index (χ1) is 6.97. The second-order valence-corrected chi connectivity index (χ2v) is 4.45. The van der Waals surface area contributed by atoms with E-state index in [4.69, 9.17) is 4.55 Å². The summed E-state index contributed by atoms with van der Waals surface area (Å²) in [6.45, 7) is 10.7. The van der Waals surface area contributed by atoms with Crippen molar-refractivity contribution in [2.75, 3.05) is 18.8 Å². The van der Waals surface area contributed by atoms with Crippen molar-refractivity contribution < 1.29 is 13.0 Å². The van der Waals surface area contributed by atoms with E-state index in [9.17, 15) is 8.42 Å². The molecule has 0 unspecified atom stereocenters. The molecule has 4 nitrogen and oxygen atoms in total. The van der Waals surface area contributed by atoms with Crippen LogP contribution >= 0.6 is 0 Å². The molecule has 2 N–H and O–H groups in total. The summed E-state index contributed by atoms with van der Waals surface area (Å²) in [7, 11) is -3.69. The van der Waals surface area contributed by atoms with Crippen LogP contribution in [0.3, 0.4) is 0 Å². The third-order valence-electron chi connectivity index (χ3n) is 1.33. The van der Waals surface area contributed by atoms with E-state index in [0.717, 1.165) is 19.5 Å². The Balaban J connectivity index is 0. The molecule has 5 heteroatoms. The molecule has 0 aromatic carbocycles. The van der Waals surface area contributed by atoms with E-state index in [1.807, 2.05) is 19.1 Å². The van der Waals surface area contributed by atoms with Crippen molar-refractivity contribution in [3.8, 4) is 0 Å². The van der Waals surface area contributed by atoms with Crippen molar-refractivity contribution in [1.82, 2.24) is 5.32 Å². The first-order valence-corrected chi connectivity index (χ1v) is 6.46. The average Bonchev–Trinajstić information content (AvgIpc) is 2.16. The Labute approximate surface area is 92.8 Å². The molecule has 0 atom stereocenters. The second-order valence-electron chi connectivity index (χ2n) is 2.88. The normalized spacial score (nSPS) is 10.0. The maximum absolute atomic E-state index is 9.95. The van der Waals surface area contributed by atoms with Crippen LogP contribution in [0.25, 0.3) is 0 Å². The maximum atomic E-state index is 9.95. The van der Waals surface area contributed by atoms with Crippen LogP contribution in [-0.4, -0.2) is 31.8 Å². The van der Waals surface area contributed by atoms with Gasteiger partial charge in [-0.15, -0.1) is 13.2 Å². The van der Waals surface area contributed by atoms with Gasteiger partial charge in [0.2, 0.25) is 0 Å². The molecule has 0 radical (unpaired) electrons. The minimum absolute atomic E-state index is 0.108. The molecule has 0 fully saturated rings. The highest BCUT2D eigenvalue weighted by molar-refractivity contribution is 7.85. The minimum atomic E-state index is -3.69. The van der Waals surface area contributed by atoms with Gasteiger partial charge in [0.1, 0.15) is 0 Å². The van der Waals surface area contributed by atoms with Crippen molar-refractivity contribution in [2.45, 2.75) is 19.8 Å². The smallest absolute Gasteiger partial charge is 0.264 e. The molecule has 0 bridgehead atoms. The van der Waals surface area contributed by atoms with Gasteiger partial charge in [0.05, 0.1) is 5.75 Å². The maximum Gasteiger partial charge on any atom is 0.264 e. The summed E-state index contributed by atoms with van der Waals surface area (Å²) in [5, 5.41) is 3.05. The summed E-state index contributed by atoms with van der Waals surface area (Å²) in [5.74, 6) is -0.108. The van der Waals surface area contributed by atoms with Gasteiger partial charge in [-0.1, -0.05) is 25.5 Å². The van der Waals surface area contributed by atoms with Gasteiger partial charge in [-0.25, -0.2) is 0 Å². The molecule has 15 heavy (non-hydrogen) atoms. The molecule has 0 saturated carbocycles. The van der Waals surface area contributed by atoms with Gasteiger partial charge in [-0.3, -0.25) is 4.55 Å². The third-order valence-corrected chi connectivity index (χ3v) is 2.14. The van der Waals surface area contributed by atoms with Gasteiger partial charge in [0, 0.05) is 13.1 Å². The zero-order chi connectivity index (χ0) is 12.2. The lowest BCUT2D eigenvalue weighted by molar-refractivity contribution is 0.480. The van der Waals surface area contributed by atoms with Gasteiger partial charge in [0.15, 0.2) is 0 Å². The van der Waals surface area contributed by atoms with Gasteiger partial charge < -0.3 is 5.32 Å². The fourth-order valence-electron chi connectivity index (χ4n) is 0.614. The lowest BCUT2D eigenvalue weighted by Gasteiger charge is -1.90. The van der Waals surface area contributed by atoms with Crippen LogP contribution in [0, 0.1) is 0 Å². The van der Waals surface area contributed by atoms with E-state index in [-0.39, 0.29) is 5.75 Å². The number of hydrogen-bond donors (Lipinski definition) is 2. The van der Waals surface area contributed by atoms with E-state index < -0.39 is 10.1 Å². The first kappa shape index (κ1) is 16.8. The summed E-state index contributed by atoms with van der Waals surface area (Å²) < 4.78 is 28.0. The molecule has 0 heterocycles. The standard InChI is InChI=1S/C6H11N.C4H10O3S/c1-3-5-7-6-4-2;1-2-3-4-8(5,6)7/h3-4,7H,1-2,5-6H2;2-4H2,1H3,(H,5,6,7). The Hall–Kier alpha value is -0.650. The number of nitrogens with one attached hydrogen (secondary N) is 1. The van der Waals surface area contributed by atoms with Gasteiger partial charge >= 0.3 is 0 Å². The highest BCUT2D eigenvalue weighted by Crippen LogP contribution is 1.90. The minimum Gasteiger partial charge on any atom is -0.310 e. The molecule has 0 aliphatic carbocycles. The Kier molecular flexibility index (Phi) is 12.8. The third kappa shape index (κ3) is 24.7. The molecule has 90 valence electrons. The summed E-state index contributed by atoms with van der Waals surface area (Å²) in [6, 6.07) is 0. The summed E-state index contributed by atoms with van der Waals surface area (Å²) >= 11 is 0. The van der Waals surface area contributed by atoms with E-state index in [1.54, 1.807) is 0 Å². The van der Waals surface area contributed by atoms with Crippen LogP contribution < -0.4 is 5.32 Å². The Bertz CT molecular complexity index is 239. The molecule has 0 saturated heterocycles. The number of hydrogen-bond acceptors (Lipinski definition) is 3. The van der Waals surface area contributed by atoms with E-state index in [2.05, 4.69) is 18.5 Å². The Morgan fingerprint density at radius 1 is 1.27 bits per heavy atom. The van der Waals surface area contributed by atoms with Crippen LogP contribution in [0.15, 0.2) is 25.3 Å². The summed E-state index contributed by atoms with van der Waals surface area (Å²) in [5.41, 5.74) is 0. The fraction of sp³-hybridized carbons (Fsp3) is 0.600. The quantitative estimate of drug-likeness (QED) is 0.400. The van der Waals surface area contributed by atoms with Crippen LogP contribution in [-0.2, 0) is 10.1 Å². The lowest BCUT2D eigenvalue weighted by Crippen LogP contribution is -2.11.